The van der Waals surface area contributed by atoms with E-state index in [1.807, 2.05) is 0 Å². The predicted molar refractivity (Wildman–Crippen MR) is 253 cm³/mol. The van der Waals surface area contributed by atoms with Crippen LogP contribution in [0, 0.1) is 27.7 Å². The summed E-state index contributed by atoms with van der Waals surface area (Å²) >= 11 is 0. The molecule has 8 heterocycles. The van der Waals surface area contributed by atoms with Gasteiger partial charge in [0.1, 0.15) is 67.6 Å². The van der Waals surface area contributed by atoms with Crippen molar-refractivity contribution in [2.75, 3.05) is 26.4 Å². The van der Waals surface area contributed by atoms with E-state index in [2.05, 4.69) is 19.9 Å². The van der Waals surface area contributed by atoms with Crippen molar-refractivity contribution in [2.24, 2.45) is 0 Å². The average Bonchev–Trinajstić information content (AvgIpc) is 4.15. The minimum absolute atomic E-state index is 0.0298. The Balaban J connectivity index is 0.963. The van der Waals surface area contributed by atoms with Gasteiger partial charge in [-0.05, 0) is 27.7 Å². The lowest BCUT2D eigenvalue weighted by Gasteiger charge is -2.25. The second-order valence-corrected chi connectivity index (χ2v) is 22.6. The first-order chi connectivity index (χ1) is 36.1. The highest BCUT2D eigenvalue weighted by Gasteiger charge is 2.48. The lowest BCUT2D eigenvalue weighted by Crippen LogP contribution is -2.33. The van der Waals surface area contributed by atoms with Crippen LogP contribution >= 0.6 is 23.5 Å². The second kappa shape index (κ2) is 22.9. The summed E-state index contributed by atoms with van der Waals surface area (Å²) in [5.41, 5.74) is -6.21. The molecule has 34 nitrogen and oxygen atoms in total. The van der Waals surface area contributed by atoms with Crippen LogP contribution in [-0.4, -0.2) is 138 Å². The minimum Gasteiger partial charge on any atom is -0.394 e. The molecule has 4 saturated heterocycles. The van der Waals surface area contributed by atoms with Crippen molar-refractivity contribution in [1.82, 2.24) is 38.2 Å². The van der Waals surface area contributed by atoms with Crippen LogP contribution in [0.2, 0.25) is 0 Å². The van der Waals surface area contributed by atoms with Crippen LogP contribution in [0.3, 0.4) is 0 Å². The van der Waals surface area contributed by atoms with Crippen LogP contribution in [0.5, 0.6) is 0 Å². The van der Waals surface area contributed by atoms with Crippen molar-refractivity contribution in [3.63, 3.8) is 0 Å². The molecule has 4 aromatic rings. The summed E-state index contributed by atoms with van der Waals surface area (Å²) in [6.45, 7) is 1.96. The Bertz CT molecular complexity index is 3510. The first-order valence-electron chi connectivity index (χ1n) is 23.3. The lowest BCUT2D eigenvalue weighted by atomic mass is 10.2. The van der Waals surface area contributed by atoms with E-state index in [1.165, 1.54) is 40.1 Å². The number of phosphoric ester groups is 3. The van der Waals surface area contributed by atoms with Crippen molar-refractivity contribution < 1.29 is 84.7 Å². The maximum Gasteiger partial charge on any atom is 0.472 e. The molecule has 0 radical (unpaired) electrons. The van der Waals surface area contributed by atoms with Crippen molar-refractivity contribution in [3.8, 4) is 0 Å². The molecule has 37 heteroatoms. The van der Waals surface area contributed by atoms with Crippen molar-refractivity contribution in [3.05, 3.63) is 130 Å². The molecule has 0 amide bonds. The maximum absolute atomic E-state index is 13.8. The highest BCUT2D eigenvalue weighted by molar-refractivity contribution is 7.48. The zero-order valence-corrected chi connectivity index (χ0v) is 43.5. The van der Waals surface area contributed by atoms with Gasteiger partial charge in [-0.15, -0.1) is 0 Å². The van der Waals surface area contributed by atoms with Gasteiger partial charge in [0.2, 0.25) is 0 Å². The fourth-order valence-corrected chi connectivity index (χ4v) is 11.6. The summed E-state index contributed by atoms with van der Waals surface area (Å²) in [6.07, 6.45) is -14.0. The van der Waals surface area contributed by atoms with Gasteiger partial charge < -0.3 is 43.8 Å². The number of aromatic nitrogens is 8. The zero-order chi connectivity index (χ0) is 56.1. The third kappa shape index (κ3) is 13.5. The van der Waals surface area contributed by atoms with Gasteiger partial charge in [-0.2, -0.15) is 0 Å². The number of aromatic amines is 4. The molecule has 0 saturated carbocycles. The van der Waals surface area contributed by atoms with E-state index in [0.29, 0.717) is 0 Å². The Morgan fingerprint density at radius 2 is 0.727 bits per heavy atom. The lowest BCUT2D eigenvalue weighted by molar-refractivity contribution is -0.0640. The van der Waals surface area contributed by atoms with E-state index in [0.717, 1.165) is 30.7 Å². The fraction of sp³-hybridized carbons (Fsp3) is 0.600. The second-order valence-electron chi connectivity index (χ2n) is 18.3. The van der Waals surface area contributed by atoms with Gasteiger partial charge >= 0.3 is 46.2 Å². The number of ether oxygens (including phenoxy) is 4. The summed E-state index contributed by atoms with van der Waals surface area (Å²) in [5, 5.41) is 20.7. The number of hydrogen-bond donors (Lipinski definition) is 9. The molecule has 0 spiro atoms. The number of rotatable bonds is 20. The van der Waals surface area contributed by atoms with Gasteiger partial charge in [0, 0.05) is 72.7 Å². The molecule has 4 aromatic heterocycles. The minimum atomic E-state index is -5.44. The number of hydrogen-bond acceptors (Lipinski definition) is 23. The van der Waals surface area contributed by atoms with E-state index in [9.17, 15) is 76.9 Å². The summed E-state index contributed by atoms with van der Waals surface area (Å²) < 4.78 is 99.6. The van der Waals surface area contributed by atoms with E-state index in [1.54, 1.807) is 0 Å². The van der Waals surface area contributed by atoms with E-state index in [4.69, 9.17) is 46.1 Å². The first-order valence-corrected chi connectivity index (χ1v) is 27.7. The third-order valence-corrected chi connectivity index (χ3v) is 15.8. The van der Waals surface area contributed by atoms with Crippen LogP contribution in [0.1, 0.15) is 72.8 Å². The monoisotopic (exact) mass is 1150 g/mol. The molecule has 4 fully saturated rings. The number of aliphatic hydroxyl groups is 2. The number of aliphatic hydroxyl groups excluding tert-OH is 2. The largest absolute Gasteiger partial charge is 0.472 e. The topological polar surface area (TPSA) is 464 Å². The number of nitrogens with zero attached hydrogens (tertiary/aromatic N) is 4. The summed E-state index contributed by atoms with van der Waals surface area (Å²) in [5.74, 6) is 0. The van der Waals surface area contributed by atoms with Crippen molar-refractivity contribution >= 4 is 23.5 Å². The van der Waals surface area contributed by atoms with Gasteiger partial charge in [-0.1, -0.05) is 0 Å². The standard InChI is InChI=1S/C40H53N8O26P3/c1-17-9-45(37(55)41-33(17)51)29-5-21(50)26(69-29)14-65-75(59,60)73-23-7-31(47-11-19(3)35(53)43-39(47)57)71-28(23)16-67-77(63,64)74-24-8-32(48-12-20(4)36(54)44-40(48)58)70-27(24)15-66-76(61,62)72-22-6-30(68-25(22)13-49)46-10-18(2)34(52)42-38(46)56/h9-12,21-32,49-50H,5-8,13-16H2,1-4H3,(H,59,60)(H,61,62)(H,63,64)(H,41,51,55)(H,42,52,56)(H,43,53,57)(H,44,54,58)/t21?,22-,23?,24-,25-,26-,27-,28-,29-,30-,31-,32-/m1/s1. The zero-order valence-electron chi connectivity index (χ0n) is 40.8. The molecule has 4 aliphatic heterocycles. The summed E-state index contributed by atoms with van der Waals surface area (Å²) in [6, 6.07) is 0. The number of aryl methyl sites for hydroxylation is 4. The van der Waals surface area contributed by atoms with Crippen LogP contribution in [0.4, 0.5) is 0 Å². The molecule has 77 heavy (non-hydrogen) atoms. The molecule has 4 aliphatic rings. The van der Waals surface area contributed by atoms with Crippen LogP contribution in [0.25, 0.3) is 0 Å². The average molecular weight is 1150 g/mol. The molecule has 5 unspecified atom stereocenters. The Morgan fingerprint density at radius 1 is 0.468 bits per heavy atom. The molecular formula is C40H53N8O26P3. The Morgan fingerprint density at radius 3 is 1.04 bits per heavy atom. The van der Waals surface area contributed by atoms with Gasteiger partial charge in [-0.25, -0.2) is 32.9 Å². The van der Waals surface area contributed by atoms with Gasteiger partial charge in [0.25, 0.3) is 22.2 Å². The van der Waals surface area contributed by atoms with Crippen molar-refractivity contribution in [1.29, 1.82) is 0 Å². The van der Waals surface area contributed by atoms with Crippen molar-refractivity contribution in [2.45, 2.75) is 127 Å². The highest BCUT2D eigenvalue weighted by atomic mass is 31.2. The van der Waals surface area contributed by atoms with Crippen LogP contribution < -0.4 is 45.0 Å². The normalized spacial score (nSPS) is 29.8. The van der Waals surface area contributed by atoms with E-state index < -0.39 is 181 Å². The predicted octanol–water partition coefficient (Wildman–Crippen LogP) is -2.57. The molecule has 0 aliphatic carbocycles. The van der Waals surface area contributed by atoms with Gasteiger partial charge in [-0.3, -0.25) is 84.5 Å². The smallest absolute Gasteiger partial charge is 0.394 e. The molecule has 0 bridgehead atoms. The Kier molecular flexibility index (Phi) is 17.2. The Labute approximate surface area is 429 Å². The summed E-state index contributed by atoms with van der Waals surface area (Å²) in [7, 11) is -15.9. The SMILES string of the molecule is Cc1cn([C@H]2CC(O)[C@@H](COP(=O)(O)OC3C[C@H](n4cc(C)c(=O)[nH]c4=O)O[C@@H]3COP(=O)(O)O[C@@H]3C[C@H](n4cc(C)c(=O)[nH]c4=O)O[C@@H]3COP(=O)(O)O[C@@H]3C[C@H](n4cc(C)c(=O)[nH]c4=O)O[C@@H]3CO)O2)c(=O)[nH]c1=O. The number of H-pyrrole nitrogens is 4. The number of nitrogens with one attached hydrogen (secondary N) is 4. The van der Waals surface area contributed by atoms with Gasteiger partial charge in [0.05, 0.1) is 32.5 Å². The quantitative estimate of drug-likeness (QED) is 0.0411. The fourth-order valence-electron chi connectivity index (χ4n) is 8.75. The van der Waals surface area contributed by atoms with Crippen LogP contribution in [-0.2, 0) is 59.8 Å². The van der Waals surface area contributed by atoms with Crippen LogP contribution in [0.15, 0.2) is 63.1 Å². The van der Waals surface area contributed by atoms with Gasteiger partial charge in [0.15, 0.2) is 0 Å². The molecule has 15 atom stereocenters. The highest BCUT2D eigenvalue weighted by Crippen LogP contribution is 2.53. The molecular weight excluding hydrogens is 1100 g/mol. The molecule has 424 valence electrons. The Hall–Kier alpha value is -5.19. The van der Waals surface area contributed by atoms with E-state index in [-0.39, 0.29) is 35.1 Å². The number of phosphoric acid groups is 3. The molecule has 8 rings (SSSR count). The first kappa shape index (κ1) is 58.0. The summed E-state index contributed by atoms with van der Waals surface area (Å²) in [4.78, 5) is 140. The molecule has 0 aromatic carbocycles. The third-order valence-electron chi connectivity index (χ3n) is 12.8. The maximum atomic E-state index is 13.8. The molecule has 9 N–H and O–H groups in total. The van der Waals surface area contributed by atoms with E-state index >= 15 is 0 Å².